The number of nitrogens with zero attached hydrogens (tertiary/aromatic N) is 3. The molecule has 5 heteroatoms. The molecule has 2 heterocycles. The minimum absolute atomic E-state index is 0.448. The molecule has 1 fully saturated rings. The van der Waals surface area contributed by atoms with Crippen LogP contribution in [0.4, 0.5) is 5.82 Å². The largest absolute Gasteiger partial charge is 0.437 e. The number of nitrogens with two attached hydrogens (primary N) is 1. The topological polar surface area (TPSA) is 73.9 Å². The van der Waals surface area contributed by atoms with Crippen LogP contribution in [-0.4, -0.2) is 15.0 Å². The number of hydrogen-bond acceptors (Lipinski definition) is 5. The maximum Gasteiger partial charge on any atom is 0.227 e. The van der Waals surface area contributed by atoms with Gasteiger partial charge in [0.1, 0.15) is 17.4 Å². The molecule has 1 aliphatic carbocycles. The fourth-order valence-electron chi connectivity index (χ4n) is 1.67. The Morgan fingerprint density at radius 2 is 2.17 bits per heavy atom. The first-order valence-electron chi connectivity index (χ1n) is 5.96. The van der Waals surface area contributed by atoms with E-state index in [1.807, 2.05) is 19.1 Å². The Morgan fingerprint density at radius 1 is 1.33 bits per heavy atom. The fourth-order valence-corrected chi connectivity index (χ4v) is 1.67. The van der Waals surface area contributed by atoms with Crippen LogP contribution in [-0.2, 0) is 0 Å². The minimum atomic E-state index is 0.448. The normalized spacial score (nSPS) is 14.5. The summed E-state index contributed by atoms with van der Waals surface area (Å²) in [6.45, 7) is 1.86. The van der Waals surface area contributed by atoms with Gasteiger partial charge in [0.2, 0.25) is 5.88 Å². The Bertz CT molecular complexity index is 567. The maximum atomic E-state index is 5.89. The third-order valence-electron chi connectivity index (χ3n) is 2.95. The van der Waals surface area contributed by atoms with E-state index in [-0.39, 0.29) is 0 Å². The van der Waals surface area contributed by atoms with E-state index in [9.17, 15) is 0 Å². The number of ether oxygens (including phenoxy) is 1. The van der Waals surface area contributed by atoms with Crippen LogP contribution in [0.15, 0.2) is 24.5 Å². The Balaban J connectivity index is 1.95. The lowest BCUT2D eigenvalue weighted by molar-refractivity contribution is 0.453. The van der Waals surface area contributed by atoms with E-state index in [1.54, 1.807) is 12.4 Å². The summed E-state index contributed by atoms with van der Waals surface area (Å²) in [5.74, 6) is 2.91. The van der Waals surface area contributed by atoms with Gasteiger partial charge in [0.15, 0.2) is 0 Å². The molecule has 0 aliphatic heterocycles. The van der Waals surface area contributed by atoms with E-state index in [0.717, 1.165) is 24.2 Å². The molecule has 0 bridgehead atoms. The minimum Gasteiger partial charge on any atom is -0.437 e. The summed E-state index contributed by atoms with van der Waals surface area (Å²) in [6.07, 6.45) is 5.61. The van der Waals surface area contributed by atoms with Crippen LogP contribution in [0.3, 0.4) is 0 Å². The standard InChI is InChI=1S/C13H14N4O/c1-8-11(14)16-12(9-4-5-9)17-13(8)18-10-3-2-6-15-7-10/h2-3,6-7,9H,4-5H2,1H3,(H2,14,16,17). The highest BCUT2D eigenvalue weighted by Crippen LogP contribution is 2.40. The Labute approximate surface area is 105 Å². The van der Waals surface area contributed by atoms with E-state index < -0.39 is 0 Å². The van der Waals surface area contributed by atoms with Crippen molar-refractivity contribution in [3.05, 3.63) is 35.9 Å². The second-order valence-corrected chi connectivity index (χ2v) is 4.46. The molecule has 1 saturated carbocycles. The molecule has 2 aromatic heterocycles. The lowest BCUT2D eigenvalue weighted by Gasteiger charge is -2.10. The molecule has 0 unspecified atom stereocenters. The summed E-state index contributed by atoms with van der Waals surface area (Å²) in [5.41, 5.74) is 6.66. The van der Waals surface area contributed by atoms with Crippen molar-refractivity contribution in [2.75, 3.05) is 5.73 Å². The Hall–Kier alpha value is -2.17. The van der Waals surface area contributed by atoms with E-state index in [0.29, 0.717) is 23.4 Å². The molecule has 0 atom stereocenters. The molecule has 2 N–H and O–H groups in total. The van der Waals surface area contributed by atoms with Crippen molar-refractivity contribution in [3.63, 3.8) is 0 Å². The summed E-state index contributed by atoms with van der Waals surface area (Å²) in [7, 11) is 0. The average molecular weight is 242 g/mol. The summed E-state index contributed by atoms with van der Waals surface area (Å²) >= 11 is 0. The summed E-state index contributed by atoms with van der Waals surface area (Å²) in [6, 6.07) is 3.65. The smallest absolute Gasteiger partial charge is 0.227 e. The first-order chi connectivity index (χ1) is 8.74. The van der Waals surface area contributed by atoms with Gasteiger partial charge in [0.05, 0.1) is 11.8 Å². The molecule has 92 valence electrons. The molecule has 0 amide bonds. The molecule has 0 aromatic carbocycles. The highest BCUT2D eigenvalue weighted by molar-refractivity contribution is 5.46. The zero-order valence-corrected chi connectivity index (χ0v) is 10.1. The van der Waals surface area contributed by atoms with Crippen LogP contribution in [0, 0.1) is 6.92 Å². The highest BCUT2D eigenvalue weighted by atomic mass is 16.5. The molecule has 0 spiro atoms. The predicted octanol–water partition coefficient (Wildman–Crippen LogP) is 2.43. The van der Waals surface area contributed by atoms with Crippen molar-refractivity contribution in [2.24, 2.45) is 0 Å². The van der Waals surface area contributed by atoms with Gasteiger partial charge in [-0.3, -0.25) is 4.98 Å². The number of aromatic nitrogens is 3. The lowest BCUT2D eigenvalue weighted by Crippen LogP contribution is -2.04. The molecule has 3 rings (SSSR count). The van der Waals surface area contributed by atoms with Gasteiger partial charge in [0.25, 0.3) is 0 Å². The van der Waals surface area contributed by atoms with Crippen LogP contribution < -0.4 is 10.5 Å². The van der Waals surface area contributed by atoms with Gasteiger partial charge in [-0.2, -0.15) is 4.98 Å². The van der Waals surface area contributed by atoms with Crippen LogP contribution in [0.2, 0.25) is 0 Å². The van der Waals surface area contributed by atoms with Crippen molar-refractivity contribution in [1.82, 2.24) is 15.0 Å². The molecular formula is C13H14N4O. The summed E-state index contributed by atoms with van der Waals surface area (Å²) in [4.78, 5) is 12.8. The van der Waals surface area contributed by atoms with Crippen LogP contribution in [0.1, 0.15) is 30.1 Å². The quantitative estimate of drug-likeness (QED) is 0.894. The van der Waals surface area contributed by atoms with E-state index in [2.05, 4.69) is 15.0 Å². The molecule has 18 heavy (non-hydrogen) atoms. The van der Waals surface area contributed by atoms with Crippen molar-refractivity contribution in [3.8, 4) is 11.6 Å². The van der Waals surface area contributed by atoms with Gasteiger partial charge in [-0.05, 0) is 31.9 Å². The summed E-state index contributed by atoms with van der Waals surface area (Å²) < 4.78 is 5.71. The molecule has 5 nitrogen and oxygen atoms in total. The van der Waals surface area contributed by atoms with Gasteiger partial charge in [0, 0.05) is 12.1 Å². The van der Waals surface area contributed by atoms with Gasteiger partial charge in [-0.1, -0.05) is 0 Å². The first-order valence-corrected chi connectivity index (χ1v) is 5.96. The van der Waals surface area contributed by atoms with Crippen LogP contribution in [0.25, 0.3) is 0 Å². The van der Waals surface area contributed by atoms with Gasteiger partial charge < -0.3 is 10.5 Å². The SMILES string of the molecule is Cc1c(N)nc(C2CC2)nc1Oc1cccnc1. The average Bonchev–Trinajstić information content (AvgIpc) is 3.20. The highest BCUT2D eigenvalue weighted by Gasteiger charge is 2.28. The predicted molar refractivity (Wildman–Crippen MR) is 67.5 cm³/mol. The van der Waals surface area contributed by atoms with Gasteiger partial charge >= 0.3 is 0 Å². The summed E-state index contributed by atoms with van der Waals surface area (Å²) in [5, 5.41) is 0. The van der Waals surface area contributed by atoms with Crippen LogP contribution >= 0.6 is 0 Å². The second-order valence-electron chi connectivity index (χ2n) is 4.46. The van der Waals surface area contributed by atoms with Crippen LogP contribution in [0.5, 0.6) is 11.6 Å². The second kappa shape index (κ2) is 4.25. The molecule has 0 saturated heterocycles. The zero-order valence-electron chi connectivity index (χ0n) is 10.1. The molecular weight excluding hydrogens is 228 g/mol. The van der Waals surface area contributed by atoms with Crippen molar-refractivity contribution >= 4 is 5.82 Å². The van der Waals surface area contributed by atoms with E-state index in [4.69, 9.17) is 10.5 Å². The van der Waals surface area contributed by atoms with Crippen molar-refractivity contribution in [1.29, 1.82) is 0 Å². The lowest BCUT2D eigenvalue weighted by atomic mass is 10.3. The number of nitrogen functional groups attached to an aromatic ring is 1. The maximum absolute atomic E-state index is 5.89. The third-order valence-corrected chi connectivity index (χ3v) is 2.95. The fraction of sp³-hybridized carbons (Fsp3) is 0.308. The number of anilines is 1. The van der Waals surface area contributed by atoms with Crippen molar-refractivity contribution in [2.45, 2.75) is 25.7 Å². The van der Waals surface area contributed by atoms with E-state index in [1.165, 1.54) is 0 Å². The number of pyridine rings is 1. The molecule has 1 aliphatic rings. The van der Waals surface area contributed by atoms with Gasteiger partial charge in [-0.25, -0.2) is 4.98 Å². The first kappa shape index (κ1) is 11.0. The van der Waals surface area contributed by atoms with Crippen molar-refractivity contribution < 1.29 is 4.74 Å². The van der Waals surface area contributed by atoms with E-state index >= 15 is 0 Å². The molecule has 0 radical (unpaired) electrons. The Morgan fingerprint density at radius 3 is 2.83 bits per heavy atom. The van der Waals surface area contributed by atoms with Gasteiger partial charge in [-0.15, -0.1) is 0 Å². The molecule has 2 aromatic rings. The number of rotatable bonds is 3. The Kier molecular flexibility index (Phi) is 2.59. The number of hydrogen-bond donors (Lipinski definition) is 1. The monoisotopic (exact) mass is 242 g/mol. The zero-order chi connectivity index (χ0) is 12.5. The third kappa shape index (κ3) is 2.11.